The molecule has 0 aliphatic carbocycles. The Morgan fingerprint density at radius 1 is 1.53 bits per heavy atom. The molecule has 1 aliphatic rings. The Labute approximate surface area is 114 Å². The fourth-order valence-corrected chi connectivity index (χ4v) is 3.78. The van der Waals surface area contributed by atoms with Crippen LogP contribution >= 0.6 is 0 Å². The van der Waals surface area contributed by atoms with E-state index in [1.807, 2.05) is 0 Å². The van der Waals surface area contributed by atoms with Gasteiger partial charge in [0.05, 0.1) is 5.69 Å². The van der Waals surface area contributed by atoms with Crippen LogP contribution in [0.15, 0.2) is 18.3 Å². The zero-order valence-electron chi connectivity index (χ0n) is 11.4. The summed E-state index contributed by atoms with van der Waals surface area (Å²) in [7, 11) is -2.91. The first-order valence-corrected chi connectivity index (χ1v) is 7.91. The summed E-state index contributed by atoms with van der Waals surface area (Å²) in [6, 6.07) is 3.41. The van der Waals surface area contributed by atoms with Crippen molar-refractivity contribution in [3.05, 3.63) is 18.3 Å². The van der Waals surface area contributed by atoms with E-state index in [0.29, 0.717) is 37.1 Å². The minimum atomic E-state index is -2.91. The van der Waals surface area contributed by atoms with Crippen LogP contribution in [0.5, 0.6) is 0 Å². The number of nitrogens with one attached hydrogen (secondary N) is 1. The van der Waals surface area contributed by atoms with E-state index in [0.717, 1.165) is 6.42 Å². The minimum absolute atomic E-state index is 0.383. The van der Waals surface area contributed by atoms with Crippen LogP contribution in [-0.2, 0) is 10.1 Å². The van der Waals surface area contributed by atoms with Gasteiger partial charge in [-0.1, -0.05) is 13.8 Å². The van der Waals surface area contributed by atoms with E-state index in [9.17, 15) is 4.21 Å². The fraction of sp³-hybridized carbons (Fsp3) is 0.583. The van der Waals surface area contributed by atoms with Gasteiger partial charge in [-0.25, -0.2) is 14.0 Å². The molecule has 3 N–H and O–H groups in total. The molecule has 1 saturated heterocycles. The number of hydrogen-bond donors (Lipinski definition) is 2. The lowest BCUT2D eigenvalue weighted by Gasteiger charge is -2.23. The van der Waals surface area contributed by atoms with Gasteiger partial charge in [-0.15, -0.1) is 0 Å². The van der Waals surface area contributed by atoms with E-state index in [1.54, 1.807) is 26.9 Å². The molecule has 2 heterocycles. The van der Waals surface area contributed by atoms with Crippen LogP contribution < -0.4 is 10.0 Å². The first-order chi connectivity index (χ1) is 8.91. The van der Waals surface area contributed by atoms with Crippen molar-refractivity contribution in [1.29, 1.82) is 4.78 Å². The molecule has 1 aromatic rings. The second-order valence-corrected chi connectivity index (χ2v) is 7.10. The van der Waals surface area contributed by atoms with E-state index < -0.39 is 10.1 Å². The summed E-state index contributed by atoms with van der Waals surface area (Å²) in [5.41, 5.74) is 6.35. The standard InChI is InChI=1S/C12H21N5OS/c1-10(2)4-6-16-7-8-17(19(16,14)18)11-3-5-15-12(13)9-11/h3,5,9-10,14H,4,6-8H2,1-2H3,(H2,13,15). The Morgan fingerprint density at radius 3 is 2.89 bits per heavy atom. The van der Waals surface area contributed by atoms with Crippen molar-refractivity contribution in [1.82, 2.24) is 9.29 Å². The molecule has 2 rings (SSSR count). The highest BCUT2D eigenvalue weighted by Crippen LogP contribution is 2.26. The largest absolute Gasteiger partial charge is 0.384 e. The molecule has 0 radical (unpaired) electrons. The number of pyridine rings is 1. The van der Waals surface area contributed by atoms with Crippen molar-refractivity contribution in [3.63, 3.8) is 0 Å². The smallest absolute Gasteiger partial charge is 0.197 e. The van der Waals surface area contributed by atoms with Crippen LogP contribution in [0.3, 0.4) is 0 Å². The summed E-state index contributed by atoms with van der Waals surface area (Å²) in [6.07, 6.45) is 2.53. The van der Waals surface area contributed by atoms with E-state index in [4.69, 9.17) is 10.5 Å². The summed E-state index contributed by atoms with van der Waals surface area (Å²) < 4.78 is 24.2. The molecular formula is C12H21N5OS. The van der Waals surface area contributed by atoms with Crippen LogP contribution in [0.25, 0.3) is 0 Å². The third-order valence-electron chi connectivity index (χ3n) is 3.21. The predicted molar refractivity (Wildman–Crippen MR) is 77.9 cm³/mol. The lowest BCUT2D eigenvalue weighted by Crippen LogP contribution is -2.33. The van der Waals surface area contributed by atoms with Crippen molar-refractivity contribution >= 4 is 21.6 Å². The predicted octanol–water partition coefficient (Wildman–Crippen LogP) is 1.71. The van der Waals surface area contributed by atoms with E-state index >= 15 is 0 Å². The highest BCUT2D eigenvalue weighted by Gasteiger charge is 2.33. The molecule has 106 valence electrons. The first-order valence-electron chi connectivity index (χ1n) is 6.44. The molecule has 7 heteroatoms. The van der Waals surface area contributed by atoms with Gasteiger partial charge < -0.3 is 5.73 Å². The van der Waals surface area contributed by atoms with E-state index in [-0.39, 0.29) is 0 Å². The number of nitrogens with zero attached hydrogens (tertiary/aromatic N) is 3. The van der Waals surface area contributed by atoms with Gasteiger partial charge in [0.25, 0.3) is 0 Å². The summed E-state index contributed by atoms with van der Waals surface area (Å²) in [6.45, 7) is 6.19. The third kappa shape index (κ3) is 2.98. The maximum atomic E-state index is 12.6. The maximum absolute atomic E-state index is 12.6. The molecule has 19 heavy (non-hydrogen) atoms. The van der Waals surface area contributed by atoms with Crippen LogP contribution in [0, 0.1) is 10.7 Å². The van der Waals surface area contributed by atoms with Gasteiger partial charge in [-0.05, 0) is 18.4 Å². The van der Waals surface area contributed by atoms with E-state index in [2.05, 4.69) is 18.8 Å². The van der Waals surface area contributed by atoms with Crippen molar-refractivity contribution in [2.75, 3.05) is 29.7 Å². The lowest BCUT2D eigenvalue weighted by molar-refractivity contribution is 0.425. The average Bonchev–Trinajstić information content (AvgIpc) is 2.61. The molecule has 1 unspecified atom stereocenters. The summed E-state index contributed by atoms with van der Waals surface area (Å²) >= 11 is 0. The second-order valence-electron chi connectivity index (χ2n) is 5.15. The number of anilines is 2. The van der Waals surface area contributed by atoms with Crippen molar-refractivity contribution in [2.24, 2.45) is 5.92 Å². The zero-order valence-corrected chi connectivity index (χ0v) is 12.2. The van der Waals surface area contributed by atoms with Crippen LogP contribution in [-0.4, -0.2) is 33.1 Å². The minimum Gasteiger partial charge on any atom is -0.384 e. The Hall–Kier alpha value is -1.34. The van der Waals surface area contributed by atoms with Gasteiger partial charge in [0, 0.05) is 31.9 Å². The SMILES string of the molecule is CC(C)CCN1CCN(c2ccnc(N)c2)S1(=N)=O. The molecule has 1 aromatic heterocycles. The number of aromatic nitrogens is 1. The van der Waals surface area contributed by atoms with Gasteiger partial charge in [-0.2, -0.15) is 4.31 Å². The lowest BCUT2D eigenvalue weighted by atomic mass is 10.1. The van der Waals surface area contributed by atoms with Gasteiger partial charge >= 0.3 is 0 Å². The molecule has 0 spiro atoms. The molecule has 1 atom stereocenters. The Balaban J connectivity index is 2.17. The second kappa shape index (κ2) is 5.34. The molecule has 1 fully saturated rings. The number of nitrogens with two attached hydrogens (primary N) is 1. The quantitative estimate of drug-likeness (QED) is 0.882. The van der Waals surface area contributed by atoms with Gasteiger partial charge in [0.2, 0.25) is 0 Å². The Morgan fingerprint density at radius 2 is 2.26 bits per heavy atom. The Bertz CT molecular complexity index is 543. The van der Waals surface area contributed by atoms with Gasteiger partial charge in [0.15, 0.2) is 10.1 Å². The first kappa shape index (κ1) is 14.1. The summed E-state index contributed by atoms with van der Waals surface area (Å²) in [5, 5.41) is 0. The summed E-state index contributed by atoms with van der Waals surface area (Å²) in [4.78, 5) is 3.92. The fourth-order valence-electron chi connectivity index (χ4n) is 2.09. The van der Waals surface area contributed by atoms with Gasteiger partial charge in [0.1, 0.15) is 5.82 Å². The average molecular weight is 283 g/mol. The molecule has 0 bridgehead atoms. The topological polar surface area (TPSA) is 86.3 Å². The number of hydrogen-bond acceptors (Lipinski definition) is 4. The van der Waals surface area contributed by atoms with E-state index in [1.165, 1.54) is 0 Å². The van der Waals surface area contributed by atoms with Crippen LogP contribution in [0.4, 0.5) is 11.5 Å². The normalized spacial score (nSPS) is 24.3. The van der Waals surface area contributed by atoms with Crippen LogP contribution in [0.1, 0.15) is 20.3 Å². The molecule has 0 aromatic carbocycles. The molecule has 0 saturated carbocycles. The highest BCUT2D eigenvalue weighted by molar-refractivity contribution is 7.91. The summed E-state index contributed by atoms with van der Waals surface area (Å²) in [5.74, 6) is 0.925. The monoisotopic (exact) mass is 283 g/mol. The zero-order chi connectivity index (χ0) is 14.0. The molecule has 6 nitrogen and oxygen atoms in total. The highest BCUT2D eigenvalue weighted by atomic mass is 32.2. The van der Waals surface area contributed by atoms with Crippen molar-refractivity contribution in [2.45, 2.75) is 20.3 Å². The molecule has 1 aliphatic heterocycles. The number of nitrogen functional groups attached to an aromatic ring is 1. The van der Waals surface area contributed by atoms with Crippen molar-refractivity contribution in [3.8, 4) is 0 Å². The van der Waals surface area contributed by atoms with Crippen molar-refractivity contribution < 1.29 is 4.21 Å². The Kier molecular flexibility index (Phi) is 3.96. The third-order valence-corrected chi connectivity index (χ3v) is 5.27. The number of rotatable bonds is 4. The van der Waals surface area contributed by atoms with Gasteiger partial charge in [-0.3, -0.25) is 4.31 Å². The van der Waals surface area contributed by atoms with Crippen LogP contribution in [0.2, 0.25) is 0 Å². The molecular weight excluding hydrogens is 262 g/mol. The maximum Gasteiger partial charge on any atom is 0.197 e. The molecule has 0 amide bonds.